The second kappa shape index (κ2) is 22.7. The summed E-state index contributed by atoms with van der Waals surface area (Å²) in [5.41, 5.74) is 18.2. The first-order valence-electron chi connectivity index (χ1n) is 13.2. The Kier molecular flexibility index (Phi) is 20.9. The van der Waals surface area contributed by atoms with Gasteiger partial charge in [-0.15, -0.1) is 0 Å². The average molecular weight is 624 g/mol. The first-order valence-corrected chi connectivity index (χ1v) is 14.0. The van der Waals surface area contributed by atoms with Crippen LogP contribution in [0.25, 0.3) is 0 Å². The van der Waals surface area contributed by atoms with Crippen molar-refractivity contribution in [3.05, 3.63) is 64.1 Å². The van der Waals surface area contributed by atoms with Crippen LogP contribution in [0.2, 0.25) is 0 Å². The fraction of sp³-hybridized carbons (Fsp3) is 0.448. The number of carboxylic acid groups (broad SMARTS) is 2. The molecule has 1 amide bonds. The van der Waals surface area contributed by atoms with Crippen molar-refractivity contribution in [3.63, 3.8) is 0 Å². The SMILES string of the molecule is CC(=O)Nc1ccc(C=O)cc1.NC1CCCCC1.NCCCCC(N)C(=O)O.O=C(O)Cc1ccc(Br)cc1. The van der Waals surface area contributed by atoms with E-state index in [0.29, 0.717) is 30.3 Å². The number of benzene rings is 2. The number of hydrogen-bond acceptors (Lipinski definition) is 7. The molecular weight excluding hydrogens is 580 g/mol. The van der Waals surface area contributed by atoms with Crippen LogP contribution in [0.1, 0.15) is 74.2 Å². The van der Waals surface area contributed by atoms with Gasteiger partial charge in [0.05, 0.1) is 6.42 Å². The standard InChI is InChI=1S/C9H9NO2.C8H7BrO2.C6H14N2O2.C6H13N/c1-7(12)10-9-4-2-8(6-11)3-5-9;9-7-3-1-6(2-4-7)5-8(10)11;7-4-2-1-3-5(8)6(9)10;7-6-4-2-1-3-5-6/h2-6H,1H3,(H,10,12);1-4H,5H2,(H,10,11);5H,1-4,7-8H2,(H,9,10);6H,1-5,7H2. The average Bonchev–Trinajstić information content (AvgIpc) is 2.91. The topological polar surface area (TPSA) is 199 Å². The minimum Gasteiger partial charge on any atom is -0.481 e. The van der Waals surface area contributed by atoms with E-state index in [4.69, 9.17) is 27.4 Å². The van der Waals surface area contributed by atoms with Gasteiger partial charge in [0.15, 0.2) is 0 Å². The molecule has 2 aromatic rings. The number of aliphatic carboxylic acids is 2. The molecule has 3 rings (SSSR count). The van der Waals surface area contributed by atoms with Crippen molar-refractivity contribution in [2.75, 3.05) is 11.9 Å². The maximum absolute atomic E-state index is 10.6. The number of nitrogens with one attached hydrogen (secondary N) is 1. The summed E-state index contributed by atoms with van der Waals surface area (Å²) in [6, 6.07) is 13.7. The van der Waals surface area contributed by atoms with Gasteiger partial charge in [0, 0.05) is 28.7 Å². The number of carbonyl (C=O) groups is 4. The van der Waals surface area contributed by atoms with E-state index in [1.54, 1.807) is 36.4 Å². The van der Waals surface area contributed by atoms with Gasteiger partial charge in [0.2, 0.25) is 5.91 Å². The highest BCUT2D eigenvalue weighted by Crippen LogP contribution is 2.15. The molecule has 0 radical (unpaired) electrons. The first-order chi connectivity index (χ1) is 19.0. The third-order valence-corrected chi connectivity index (χ3v) is 6.10. The molecule has 10 nitrogen and oxygen atoms in total. The van der Waals surface area contributed by atoms with E-state index >= 15 is 0 Å². The molecule has 1 saturated carbocycles. The summed E-state index contributed by atoms with van der Waals surface area (Å²) in [4.78, 5) is 41.2. The van der Waals surface area contributed by atoms with Crippen LogP contribution in [0.3, 0.4) is 0 Å². The molecule has 2 aromatic carbocycles. The summed E-state index contributed by atoms with van der Waals surface area (Å²) < 4.78 is 0.964. The van der Waals surface area contributed by atoms with Crippen molar-refractivity contribution in [2.24, 2.45) is 17.2 Å². The highest BCUT2D eigenvalue weighted by Gasteiger charge is 2.09. The number of carbonyl (C=O) groups excluding carboxylic acids is 2. The molecule has 1 atom stereocenters. The van der Waals surface area contributed by atoms with E-state index in [9.17, 15) is 19.2 Å². The summed E-state index contributed by atoms with van der Waals surface area (Å²) in [5, 5.41) is 19.4. The van der Waals surface area contributed by atoms with Crippen LogP contribution in [0.5, 0.6) is 0 Å². The van der Waals surface area contributed by atoms with Gasteiger partial charge in [-0.2, -0.15) is 0 Å². The minimum absolute atomic E-state index is 0.0906. The minimum atomic E-state index is -0.933. The molecule has 0 spiro atoms. The van der Waals surface area contributed by atoms with E-state index in [0.717, 1.165) is 29.2 Å². The number of amides is 1. The van der Waals surface area contributed by atoms with Crippen molar-refractivity contribution >= 4 is 45.7 Å². The number of carboxylic acids is 2. The smallest absolute Gasteiger partial charge is 0.320 e. The van der Waals surface area contributed by atoms with Gasteiger partial charge in [-0.3, -0.25) is 19.2 Å². The molecule has 1 aliphatic carbocycles. The monoisotopic (exact) mass is 622 g/mol. The molecular formula is C29H43BrN4O6. The quantitative estimate of drug-likeness (QED) is 0.174. The lowest BCUT2D eigenvalue weighted by molar-refractivity contribution is -0.139. The van der Waals surface area contributed by atoms with Gasteiger partial charge in [-0.1, -0.05) is 53.7 Å². The molecule has 1 fully saturated rings. The Hall–Kier alpha value is -3.12. The normalized spacial score (nSPS) is 13.0. The first kappa shape index (κ1) is 36.9. The van der Waals surface area contributed by atoms with Gasteiger partial charge in [0.1, 0.15) is 12.3 Å². The predicted octanol–water partition coefficient (Wildman–Crippen LogP) is 4.34. The Morgan fingerprint density at radius 1 is 1.00 bits per heavy atom. The molecule has 9 N–H and O–H groups in total. The number of halogens is 1. The molecule has 0 aromatic heterocycles. The second-order valence-electron chi connectivity index (χ2n) is 9.25. The van der Waals surface area contributed by atoms with Crippen LogP contribution in [0.15, 0.2) is 53.0 Å². The van der Waals surface area contributed by atoms with E-state index in [1.165, 1.54) is 39.0 Å². The molecule has 11 heteroatoms. The number of nitrogens with two attached hydrogens (primary N) is 3. The van der Waals surface area contributed by atoms with E-state index in [2.05, 4.69) is 21.2 Å². The van der Waals surface area contributed by atoms with Crippen molar-refractivity contribution in [1.82, 2.24) is 0 Å². The Morgan fingerprint density at radius 2 is 1.57 bits per heavy atom. The van der Waals surface area contributed by atoms with Crippen LogP contribution in [-0.2, 0) is 20.8 Å². The number of anilines is 1. The highest BCUT2D eigenvalue weighted by atomic mass is 79.9. The number of unbranched alkanes of at least 4 members (excludes halogenated alkanes) is 1. The van der Waals surface area contributed by atoms with Crippen LogP contribution in [0.4, 0.5) is 5.69 Å². The van der Waals surface area contributed by atoms with E-state index in [-0.39, 0.29) is 12.3 Å². The fourth-order valence-corrected chi connectivity index (χ4v) is 3.66. The zero-order chi connectivity index (χ0) is 30.3. The molecule has 0 heterocycles. The zero-order valence-corrected chi connectivity index (χ0v) is 24.6. The number of hydrogen-bond donors (Lipinski definition) is 6. The van der Waals surface area contributed by atoms with Gasteiger partial charge < -0.3 is 32.7 Å². The molecule has 40 heavy (non-hydrogen) atoms. The second-order valence-corrected chi connectivity index (χ2v) is 10.2. The van der Waals surface area contributed by atoms with Gasteiger partial charge in [0.25, 0.3) is 0 Å². The van der Waals surface area contributed by atoms with Crippen LogP contribution < -0.4 is 22.5 Å². The predicted molar refractivity (Wildman–Crippen MR) is 161 cm³/mol. The van der Waals surface area contributed by atoms with E-state index < -0.39 is 18.0 Å². The third kappa shape index (κ3) is 20.8. The largest absolute Gasteiger partial charge is 0.481 e. The van der Waals surface area contributed by atoms with Crippen LogP contribution in [0, 0.1) is 0 Å². The Bertz CT molecular complexity index is 997. The fourth-order valence-electron chi connectivity index (χ4n) is 3.39. The number of aldehydes is 1. The van der Waals surface area contributed by atoms with Crippen LogP contribution >= 0.6 is 15.9 Å². The van der Waals surface area contributed by atoms with Crippen LogP contribution in [-0.4, -0.2) is 53.0 Å². The van der Waals surface area contributed by atoms with Gasteiger partial charge in [-0.25, -0.2) is 0 Å². The maximum Gasteiger partial charge on any atom is 0.320 e. The molecule has 1 unspecified atom stereocenters. The highest BCUT2D eigenvalue weighted by molar-refractivity contribution is 9.10. The van der Waals surface area contributed by atoms with Gasteiger partial charge >= 0.3 is 11.9 Å². The van der Waals surface area contributed by atoms with Crippen molar-refractivity contribution in [3.8, 4) is 0 Å². The van der Waals surface area contributed by atoms with E-state index in [1.807, 2.05) is 12.1 Å². The molecule has 1 aliphatic rings. The Labute approximate surface area is 244 Å². The lowest BCUT2D eigenvalue weighted by Gasteiger charge is -2.15. The summed E-state index contributed by atoms with van der Waals surface area (Å²) in [5.74, 6) is -1.85. The lowest BCUT2D eigenvalue weighted by Crippen LogP contribution is -2.29. The van der Waals surface area contributed by atoms with Crippen molar-refractivity contribution in [2.45, 2.75) is 76.8 Å². The third-order valence-electron chi connectivity index (χ3n) is 5.57. The summed E-state index contributed by atoms with van der Waals surface area (Å²) in [7, 11) is 0. The summed E-state index contributed by atoms with van der Waals surface area (Å²) >= 11 is 3.26. The summed E-state index contributed by atoms with van der Waals surface area (Å²) in [6.45, 7) is 2.04. The molecule has 222 valence electrons. The molecule has 0 saturated heterocycles. The molecule has 0 bridgehead atoms. The Balaban J connectivity index is 0.000000515. The number of rotatable bonds is 9. The molecule has 0 aliphatic heterocycles. The Morgan fingerprint density at radius 3 is 1.98 bits per heavy atom. The van der Waals surface area contributed by atoms with Crippen molar-refractivity contribution in [1.29, 1.82) is 0 Å². The maximum atomic E-state index is 10.6. The zero-order valence-electron chi connectivity index (χ0n) is 23.1. The lowest BCUT2D eigenvalue weighted by atomic mass is 9.97. The summed E-state index contributed by atoms with van der Waals surface area (Å²) in [6.07, 6.45) is 9.68. The van der Waals surface area contributed by atoms with Crippen molar-refractivity contribution < 1.29 is 29.4 Å². The van der Waals surface area contributed by atoms with Gasteiger partial charge in [-0.05, 0) is 74.2 Å².